The van der Waals surface area contributed by atoms with Crippen molar-refractivity contribution in [1.29, 1.82) is 0 Å². The van der Waals surface area contributed by atoms with Crippen LogP contribution in [0.5, 0.6) is 11.5 Å². The van der Waals surface area contributed by atoms with Gasteiger partial charge in [-0.25, -0.2) is 0 Å². The average molecular weight is 333 g/mol. The van der Waals surface area contributed by atoms with Gasteiger partial charge in [0.25, 0.3) is 0 Å². The second-order valence-electron chi connectivity index (χ2n) is 4.24. The van der Waals surface area contributed by atoms with E-state index in [0.29, 0.717) is 6.61 Å². The van der Waals surface area contributed by atoms with E-state index < -0.39 is 0 Å². The summed E-state index contributed by atoms with van der Waals surface area (Å²) in [6.45, 7) is 4.82. The molecule has 0 spiro atoms. The molecular formula is C17H17BrO2. The molecule has 0 radical (unpaired) electrons. The zero-order valence-electron chi connectivity index (χ0n) is 11.4. The Labute approximate surface area is 128 Å². The highest BCUT2D eigenvalue weighted by molar-refractivity contribution is 9.09. The molecule has 2 aromatic rings. The summed E-state index contributed by atoms with van der Waals surface area (Å²) in [6, 6.07) is 15.8. The van der Waals surface area contributed by atoms with Crippen molar-refractivity contribution < 1.29 is 9.47 Å². The lowest BCUT2D eigenvalue weighted by molar-refractivity contribution is 0.344. The second kappa shape index (κ2) is 7.15. The van der Waals surface area contributed by atoms with Gasteiger partial charge in [-0.15, -0.1) is 0 Å². The van der Waals surface area contributed by atoms with E-state index in [0.717, 1.165) is 33.5 Å². The van der Waals surface area contributed by atoms with E-state index in [1.807, 2.05) is 48.5 Å². The SMILES string of the molecule is C=C(c1ccc(OC)cc1)c1ccccc1OCCBr. The van der Waals surface area contributed by atoms with Crippen molar-refractivity contribution >= 4 is 21.5 Å². The monoisotopic (exact) mass is 332 g/mol. The van der Waals surface area contributed by atoms with Crippen LogP contribution in [0.1, 0.15) is 11.1 Å². The molecule has 0 aliphatic rings. The fourth-order valence-electron chi connectivity index (χ4n) is 1.94. The quantitative estimate of drug-likeness (QED) is 0.723. The molecule has 0 bridgehead atoms. The summed E-state index contributed by atoms with van der Waals surface area (Å²) in [4.78, 5) is 0. The summed E-state index contributed by atoms with van der Waals surface area (Å²) in [6.07, 6.45) is 0. The Kier molecular flexibility index (Phi) is 5.24. The van der Waals surface area contributed by atoms with E-state index in [4.69, 9.17) is 9.47 Å². The van der Waals surface area contributed by atoms with Crippen molar-refractivity contribution in [2.75, 3.05) is 19.0 Å². The molecule has 3 heteroatoms. The summed E-state index contributed by atoms with van der Waals surface area (Å²) < 4.78 is 10.9. The molecular weight excluding hydrogens is 316 g/mol. The molecule has 0 aliphatic heterocycles. The number of ether oxygens (including phenoxy) is 2. The Morgan fingerprint density at radius 3 is 2.45 bits per heavy atom. The van der Waals surface area contributed by atoms with Gasteiger partial charge in [-0.1, -0.05) is 52.8 Å². The van der Waals surface area contributed by atoms with Gasteiger partial charge in [0.15, 0.2) is 0 Å². The first-order valence-electron chi connectivity index (χ1n) is 6.37. The summed E-state index contributed by atoms with van der Waals surface area (Å²) in [7, 11) is 1.66. The van der Waals surface area contributed by atoms with Crippen molar-refractivity contribution in [3.63, 3.8) is 0 Å². The maximum absolute atomic E-state index is 5.74. The Morgan fingerprint density at radius 2 is 1.80 bits per heavy atom. The van der Waals surface area contributed by atoms with Crippen LogP contribution in [0, 0.1) is 0 Å². The zero-order chi connectivity index (χ0) is 14.4. The van der Waals surface area contributed by atoms with Crippen LogP contribution in [0.15, 0.2) is 55.1 Å². The third kappa shape index (κ3) is 3.42. The molecule has 104 valence electrons. The fraction of sp³-hybridized carbons (Fsp3) is 0.176. The van der Waals surface area contributed by atoms with Crippen LogP contribution >= 0.6 is 15.9 Å². The predicted octanol–water partition coefficient (Wildman–Crippen LogP) is 4.53. The Balaban J connectivity index is 2.27. The number of para-hydroxylation sites is 1. The van der Waals surface area contributed by atoms with Gasteiger partial charge in [0.1, 0.15) is 11.5 Å². The van der Waals surface area contributed by atoms with Gasteiger partial charge in [-0.2, -0.15) is 0 Å². The van der Waals surface area contributed by atoms with Gasteiger partial charge in [-0.3, -0.25) is 0 Å². The molecule has 0 aromatic heterocycles. The number of rotatable bonds is 6. The lowest BCUT2D eigenvalue weighted by Gasteiger charge is -2.13. The maximum Gasteiger partial charge on any atom is 0.127 e. The Morgan fingerprint density at radius 1 is 1.10 bits per heavy atom. The molecule has 0 atom stereocenters. The van der Waals surface area contributed by atoms with Crippen LogP contribution in [-0.2, 0) is 0 Å². The van der Waals surface area contributed by atoms with Crippen LogP contribution in [-0.4, -0.2) is 19.0 Å². The van der Waals surface area contributed by atoms with Gasteiger partial charge in [0.2, 0.25) is 0 Å². The highest BCUT2D eigenvalue weighted by Gasteiger charge is 2.08. The molecule has 0 amide bonds. The average Bonchev–Trinajstić information content (AvgIpc) is 2.52. The lowest BCUT2D eigenvalue weighted by Crippen LogP contribution is -2.00. The first-order chi connectivity index (χ1) is 9.76. The third-order valence-corrected chi connectivity index (χ3v) is 3.31. The number of alkyl halides is 1. The van der Waals surface area contributed by atoms with Gasteiger partial charge < -0.3 is 9.47 Å². The van der Waals surface area contributed by atoms with E-state index in [1.54, 1.807) is 7.11 Å². The minimum atomic E-state index is 0.632. The zero-order valence-corrected chi connectivity index (χ0v) is 13.0. The van der Waals surface area contributed by atoms with Crippen LogP contribution in [0.4, 0.5) is 0 Å². The van der Waals surface area contributed by atoms with Gasteiger partial charge in [0.05, 0.1) is 13.7 Å². The minimum Gasteiger partial charge on any atom is -0.497 e. The molecule has 0 saturated heterocycles. The van der Waals surface area contributed by atoms with Crippen molar-refractivity contribution in [3.8, 4) is 11.5 Å². The summed E-state index contributed by atoms with van der Waals surface area (Å²) in [5.74, 6) is 1.69. The topological polar surface area (TPSA) is 18.5 Å². The van der Waals surface area contributed by atoms with Crippen LogP contribution in [0.25, 0.3) is 5.57 Å². The van der Waals surface area contributed by atoms with Crippen molar-refractivity contribution in [1.82, 2.24) is 0 Å². The van der Waals surface area contributed by atoms with Crippen molar-refractivity contribution in [3.05, 3.63) is 66.2 Å². The number of methoxy groups -OCH3 is 1. The van der Waals surface area contributed by atoms with Gasteiger partial charge in [0, 0.05) is 10.9 Å². The standard InChI is InChI=1S/C17H17BrO2/c1-13(14-7-9-15(19-2)10-8-14)16-5-3-4-6-17(16)20-12-11-18/h3-10H,1,11-12H2,2H3. The second-order valence-corrected chi connectivity index (χ2v) is 5.03. The van der Waals surface area contributed by atoms with Gasteiger partial charge in [-0.05, 0) is 29.3 Å². The molecule has 0 saturated carbocycles. The largest absolute Gasteiger partial charge is 0.497 e. The lowest BCUT2D eigenvalue weighted by atomic mass is 9.99. The Hall–Kier alpha value is -1.74. The van der Waals surface area contributed by atoms with E-state index in [-0.39, 0.29) is 0 Å². The molecule has 0 aliphatic carbocycles. The van der Waals surface area contributed by atoms with Crippen LogP contribution in [0.3, 0.4) is 0 Å². The first-order valence-corrected chi connectivity index (χ1v) is 7.50. The van der Waals surface area contributed by atoms with E-state index in [1.165, 1.54) is 0 Å². The molecule has 2 rings (SSSR count). The maximum atomic E-state index is 5.74. The molecule has 0 unspecified atom stereocenters. The number of benzene rings is 2. The first kappa shape index (κ1) is 14.7. The number of hydrogen-bond acceptors (Lipinski definition) is 2. The molecule has 0 fully saturated rings. The summed E-state index contributed by atoms with van der Waals surface area (Å²) in [5, 5.41) is 0.802. The number of hydrogen-bond donors (Lipinski definition) is 0. The van der Waals surface area contributed by atoms with Gasteiger partial charge >= 0.3 is 0 Å². The smallest absolute Gasteiger partial charge is 0.127 e. The minimum absolute atomic E-state index is 0.632. The molecule has 20 heavy (non-hydrogen) atoms. The van der Waals surface area contributed by atoms with E-state index in [2.05, 4.69) is 22.5 Å². The predicted molar refractivity (Wildman–Crippen MR) is 86.9 cm³/mol. The highest BCUT2D eigenvalue weighted by atomic mass is 79.9. The molecule has 0 heterocycles. The van der Waals surface area contributed by atoms with E-state index in [9.17, 15) is 0 Å². The highest BCUT2D eigenvalue weighted by Crippen LogP contribution is 2.30. The summed E-state index contributed by atoms with van der Waals surface area (Å²) in [5.41, 5.74) is 3.01. The third-order valence-electron chi connectivity index (χ3n) is 2.99. The molecule has 2 aromatic carbocycles. The van der Waals surface area contributed by atoms with Crippen molar-refractivity contribution in [2.45, 2.75) is 0 Å². The van der Waals surface area contributed by atoms with E-state index >= 15 is 0 Å². The molecule has 2 nitrogen and oxygen atoms in total. The molecule has 0 N–H and O–H groups in total. The normalized spacial score (nSPS) is 10.1. The number of halogens is 1. The Bertz CT molecular complexity index is 576. The fourth-order valence-corrected chi connectivity index (χ4v) is 2.10. The van der Waals surface area contributed by atoms with Crippen LogP contribution in [0.2, 0.25) is 0 Å². The van der Waals surface area contributed by atoms with Crippen LogP contribution < -0.4 is 9.47 Å². The van der Waals surface area contributed by atoms with Crippen molar-refractivity contribution in [2.24, 2.45) is 0 Å². The summed E-state index contributed by atoms with van der Waals surface area (Å²) >= 11 is 3.37.